The van der Waals surface area contributed by atoms with E-state index in [0.717, 1.165) is 0 Å². The third-order valence-electron chi connectivity index (χ3n) is 3.37. The van der Waals surface area contributed by atoms with E-state index in [1.54, 1.807) is 29.0 Å². The molecule has 0 aliphatic rings. The predicted octanol–water partition coefficient (Wildman–Crippen LogP) is 1.88. The van der Waals surface area contributed by atoms with Crippen molar-refractivity contribution < 1.29 is 9.72 Å². The fraction of sp³-hybridized carbons (Fsp3) is 0.0667. The standard InChI is InChI=1S/C15H12N4O4/c20-14(17-12-2-1-6-16-15(12)21)9-18-7-5-10-8-11(19(22)23)3-4-13(10)18/h1-8H,9H2,(H,16,21)(H,17,20). The number of nitrogens with one attached hydrogen (secondary N) is 2. The predicted molar refractivity (Wildman–Crippen MR) is 84.3 cm³/mol. The Labute approximate surface area is 129 Å². The lowest BCUT2D eigenvalue weighted by atomic mass is 10.2. The van der Waals surface area contributed by atoms with Gasteiger partial charge in [-0.15, -0.1) is 0 Å². The normalized spacial score (nSPS) is 10.6. The van der Waals surface area contributed by atoms with Crippen LogP contribution in [0, 0.1) is 10.1 Å². The number of nitro groups is 1. The number of benzene rings is 1. The largest absolute Gasteiger partial charge is 0.338 e. The second-order valence-corrected chi connectivity index (χ2v) is 4.90. The van der Waals surface area contributed by atoms with E-state index in [0.29, 0.717) is 10.9 Å². The lowest BCUT2D eigenvalue weighted by Gasteiger charge is -2.06. The minimum Gasteiger partial charge on any atom is -0.338 e. The van der Waals surface area contributed by atoms with Crippen molar-refractivity contribution >= 4 is 28.2 Å². The van der Waals surface area contributed by atoms with Crippen molar-refractivity contribution in [1.82, 2.24) is 9.55 Å². The Kier molecular flexibility index (Phi) is 3.63. The number of nitro benzene ring substituents is 1. The van der Waals surface area contributed by atoms with Crippen molar-refractivity contribution in [2.45, 2.75) is 6.54 Å². The first-order chi connectivity index (χ1) is 11.0. The molecule has 3 aromatic rings. The molecule has 0 unspecified atom stereocenters. The minimum atomic E-state index is -0.467. The maximum absolute atomic E-state index is 12.1. The summed E-state index contributed by atoms with van der Waals surface area (Å²) in [6.45, 7) is -0.00432. The van der Waals surface area contributed by atoms with Crippen LogP contribution in [0.3, 0.4) is 0 Å². The van der Waals surface area contributed by atoms with E-state index in [9.17, 15) is 19.7 Å². The number of amides is 1. The molecule has 0 fully saturated rings. The van der Waals surface area contributed by atoms with E-state index in [2.05, 4.69) is 10.3 Å². The summed E-state index contributed by atoms with van der Waals surface area (Å²) in [4.78, 5) is 36.4. The molecule has 0 atom stereocenters. The van der Waals surface area contributed by atoms with E-state index >= 15 is 0 Å². The van der Waals surface area contributed by atoms with Gasteiger partial charge in [0.2, 0.25) is 5.91 Å². The number of carbonyl (C=O) groups excluding carboxylic acids is 1. The quantitative estimate of drug-likeness (QED) is 0.566. The molecule has 0 radical (unpaired) electrons. The van der Waals surface area contributed by atoms with Crippen molar-refractivity contribution in [2.75, 3.05) is 5.32 Å². The van der Waals surface area contributed by atoms with Gasteiger partial charge in [0.1, 0.15) is 12.2 Å². The zero-order valence-corrected chi connectivity index (χ0v) is 11.9. The van der Waals surface area contributed by atoms with Gasteiger partial charge in [0, 0.05) is 35.4 Å². The number of H-pyrrole nitrogens is 1. The minimum absolute atomic E-state index is 0.00415. The molecule has 1 amide bonds. The van der Waals surface area contributed by atoms with Gasteiger partial charge in [-0.05, 0) is 24.3 Å². The Morgan fingerprint density at radius 2 is 2.13 bits per heavy atom. The van der Waals surface area contributed by atoms with Crippen LogP contribution in [0.15, 0.2) is 53.6 Å². The number of hydrogen-bond donors (Lipinski definition) is 2. The maximum Gasteiger partial charge on any atom is 0.271 e. The van der Waals surface area contributed by atoms with Crippen LogP contribution in [-0.2, 0) is 11.3 Å². The molecule has 8 heteroatoms. The van der Waals surface area contributed by atoms with Crippen LogP contribution in [-0.4, -0.2) is 20.4 Å². The number of pyridine rings is 1. The molecule has 116 valence electrons. The van der Waals surface area contributed by atoms with Crippen LogP contribution in [0.5, 0.6) is 0 Å². The van der Waals surface area contributed by atoms with Crippen LogP contribution in [0.25, 0.3) is 10.9 Å². The fourth-order valence-electron chi connectivity index (χ4n) is 2.30. The molecule has 0 bridgehead atoms. The average Bonchev–Trinajstić information content (AvgIpc) is 2.92. The number of non-ortho nitro benzene ring substituents is 1. The summed E-state index contributed by atoms with van der Waals surface area (Å²) in [5.74, 6) is -0.363. The number of fused-ring (bicyclic) bond motifs is 1. The van der Waals surface area contributed by atoms with Gasteiger partial charge in [-0.3, -0.25) is 19.7 Å². The van der Waals surface area contributed by atoms with Crippen LogP contribution in [0.2, 0.25) is 0 Å². The van der Waals surface area contributed by atoms with Crippen molar-refractivity contribution in [3.05, 3.63) is 69.3 Å². The summed E-state index contributed by atoms with van der Waals surface area (Å²) in [5.41, 5.74) is 0.488. The van der Waals surface area contributed by atoms with Crippen LogP contribution >= 0.6 is 0 Å². The summed E-state index contributed by atoms with van der Waals surface area (Å²) < 4.78 is 1.66. The highest BCUT2D eigenvalue weighted by molar-refractivity contribution is 5.92. The van der Waals surface area contributed by atoms with Gasteiger partial charge in [-0.25, -0.2) is 0 Å². The Hall–Kier alpha value is -3.42. The second-order valence-electron chi connectivity index (χ2n) is 4.90. The molecule has 1 aromatic carbocycles. The summed E-state index contributed by atoms with van der Waals surface area (Å²) >= 11 is 0. The highest BCUT2D eigenvalue weighted by Gasteiger charge is 2.11. The Morgan fingerprint density at radius 1 is 1.30 bits per heavy atom. The number of aromatic nitrogens is 2. The molecule has 2 aromatic heterocycles. The molecule has 23 heavy (non-hydrogen) atoms. The zero-order valence-electron chi connectivity index (χ0n) is 11.9. The number of hydrogen-bond acceptors (Lipinski definition) is 4. The SMILES string of the molecule is O=C(Cn1ccc2cc([N+](=O)[O-])ccc21)Nc1ccc[nH]c1=O. The molecule has 0 spiro atoms. The smallest absolute Gasteiger partial charge is 0.271 e. The fourth-order valence-corrected chi connectivity index (χ4v) is 2.30. The molecule has 0 aliphatic heterocycles. The zero-order chi connectivity index (χ0) is 16.4. The van der Waals surface area contributed by atoms with Crippen molar-refractivity contribution in [1.29, 1.82) is 0 Å². The summed E-state index contributed by atoms with van der Waals surface area (Å²) in [6, 6.07) is 9.25. The highest BCUT2D eigenvalue weighted by Crippen LogP contribution is 2.21. The third-order valence-corrected chi connectivity index (χ3v) is 3.37. The van der Waals surface area contributed by atoms with Gasteiger partial charge in [-0.2, -0.15) is 0 Å². The van der Waals surface area contributed by atoms with Crippen LogP contribution < -0.4 is 10.9 Å². The van der Waals surface area contributed by atoms with Crippen LogP contribution in [0.1, 0.15) is 0 Å². The first-order valence-corrected chi connectivity index (χ1v) is 6.75. The van der Waals surface area contributed by atoms with Gasteiger partial charge in [0.05, 0.1) is 4.92 Å². The summed E-state index contributed by atoms with van der Waals surface area (Å²) in [5, 5.41) is 14.0. The Bertz CT molecular complexity index is 957. The Balaban J connectivity index is 1.81. The molecule has 0 aliphatic carbocycles. The van der Waals surface area contributed by atoms with E-state index < -0.39 is 4.92 Å². The van der Waals surface area contributed by atoms with E-state index in [1.807, 2.05) is 0 Å². The lowest BCUT2D eigenvalue weighted by Crippen LogP contribution is -2.22. The number of aromatic amines is 1. The summed E-state index contributed by atoms with van der Waals surface area (Å²) in [7, 11) is 0. The molecule has 8 nitrogen and oxygen atoms in total. The molecule has 2 heterocycles. The number of carbonyl (C=O) groups is 1. The molecular formula is C15H12N4O4. The number of nitrogens with zero attached hydrogens (tertiary/aromatic N) is 2. The van der Waals surface area contributed by atoms with E-state index in [4.69, 9.17) is 0 Å². The molecule has 0 saturated carbocycles. The van der Waals surface area contributed by atoms with Crippen LogP contribution in [0.4, 0.5) is 11.4 Å². The van der Waals surface area contributed by atoms with Gasteiger partial charge >= 0.3 is 0 Å². The van der Waals surface area contributed by atoms with E-state index in [-0.39, 0.29) is 29.4 Å². The molecular weight excluding hydrogens is 300 g/mol. The molecule has 0 saturated heterocycles. The maximum atomic E-state index is 12.1. The third kappa shape index (κ3) is 2.95. The highest BCUT2D eigenvalue weighted by atomic mass is 16.6. The van der Waals surface area contributed by atoms with E-state index in [1.165, 1.54) is 24.4 Å². The first-order valence-electron chi connectivity index (χ1n) is 6.75. The lowest BCUT2D eigenvalue weighted by molar-refractivity contribution is -0.384. The average molecular weight is 312 g/mol. The van der Waals surface area contributed by atoms with Crippen molar-refractivity contribution in [3.8, 4) is 0 Å². The number of anilines is 1. The first kappa shape index (κ1) is 14.5. The topological polar surface area (TPSA) is 110 Å². The van der Waals surface area contributed by atoms with Gasteiger partial charge in [-0.1, -0.05) is 0 Å². The monoisotopic (exact) mass is 312 g/mol. The second kappa shape index (κ2) is 5.76. The van der Waals surface area contributed by atoms with Crippen molar-refractivity contribution in [2.24, 2.45) is 0 Å². The Morgan fingerprint density at radius 3 is 2.87 bits per heavy atom. The van der Waals surface area contributed by atoms with Gasteiger partial charge < -0.3 is 14.9 Å². The van der Waals surface area contributed by atoms with Crippen molar-refractivity contribution in [3.63, 3.8) is 0 Å². The van der Waals surface area contributed by atoms with Gasteiger partial charge in [0.15, 0.2) is 0 Å². The summed E-state index contributed by atoms with van der Waals surface area (Å²) in [6.07, 6.45) is 3.15. The number of rotatable bonds is 4. The van der Waals surface area contributed by atoms with Gasteiger partial charge in [0.25, 0.3) is 11.2 Å². The molecule has 2 N–H and O–H groups in total. The molecule has 3 rings (SSSR count).